The van der Waals surface area contributed by atoms with Crippen molar-refractivity contribution >= 4 is 46.3 Å². The van der Waals surface area contributed by atoms with Crippen molar-refractivity contribution in [2.45, 2.75) is 19.4 Å². The SMILES string of the molecule is C=CCOc1ccc(/C=C2\SC(=S)N([C@H](CC)C(=O)O)C2=O)cc1. The fourth-order valence-electron chi connectivity index (χ4n) is 2.18. The highest BCUT2D eigenvalue weighted by atomic mass is 32.2. The van der Waals surface area contributed by atoms with Crippen LogP contribution in [0.2, 0.25) is 0 Å². The van der Waals surface area contributed by atoms with Crippen molar-refractivity contribution in [1.29, 1.82) is 0 Å². The number of ether oxygens (including phenoxy) is 1. The van der Waals surface area contributed by atoms with Crippen molar-refractivity contribution < 1.29 is 19.4 Å². The van der Waals surface area contributed by atoms with Crippen LogP contribution in [0.1, 0.15) is 18.9 Å². The molecule has 5 nitrogen and oxygen atoms in total. The third-order valence-corrected chi connectivity index (χ3v) is 4.68. The average molecular weight is 363 g/mol. The third kappa shape index (κ3) is 4.04. The van der Waals surface area contributed by atoms with E-state index in [4.69, 9.17) is 17.0 Å². The number of benzene rings is 1. The monoisotopic (exact) mass is 363 g/mol. The number of carbonyl (C=O) groups excluding carboxylic acids is 1. The van der Waals surface area contributed by atoms with Crippen molar-refractivity contribution in [3.63, 3.8) is 0 Å². The summed E-state index contributed by atoms with van der Waals surface area (Å²) in [7, 11) is 0. The van der Waals surface area contributed by atoms with Crippen molar-refractivity contribution in [2.24, 2.45) is 0 Å². The molecular formula is C17H17NO4S2. The number of rotatable bonds is 7. The molecule has 7 heteroatoms. The Bertz CT molecular complexity index is 697. The fraction of sp³-hybridized carbons (Fsp3) is 0.235. The van der Waals surface area contributed by atoms with Crippen LogP contribution in [0.15, 0.2) is 41.8 Å². The van der Waals surface area contributed by atoms with Gasteiger partial charge in [-0.15, -0.1) is 0 Å². The molecule has 1 aliphatic heterocycles. The first-order chi connectivity index (χ1) is 11.5. The third-order valence-electron chi connectivity index (χ3n) is 3.35. The molecule has 2 rings (SSSR count). The lowest BCUT2D eigenvalue weighted by Crippen LogP contribution is -2.43. The number of thioether (sulfide) groups is 1. The molecule has 0 aliphatic carbocycles. The summed E-state index contributed by atoms with van der Waals surface area (Å²) in [5.74, 6) is -0.721. The predicted octanol–water partition coefficient (Wildman–Crippen LogP) is 3.32. The first-order valence-electron chi connectivity index (χ1n) is 7.31. The molecule has 1 N–H and O–H groups in total. The van der Waals surface area contributed by atoms with Gasteiger partial charge in [0.25, 0.3) is 5.91 Å². The minimum absolute atomic E-state index is 0.270. The molecule has 1 heterocycles. The molecule has 1 aromatic rings. The zero-order valence-electron chi connectivity index (χ0n) is 13.1. The Balaban J connectivity index is 2.19. The van der Waals surface area contributed by atoms with Crippen molar-refractivity contribution in [1.82, 2.24) is 4.90 Å². The quantitative estimate of drug-likeness (QED) is 0.455. The Morgan fingerprint density at radius 2 is 2.12 bits per heavy atom. The van der Waals surface area contributed by atoms with Crippen LogP contribution in [-0.4, -0.2) is 38.9 Å². The minimum atomic E-state index is -1.06. The van der Waals surface area contributed by atoms with E-state index in [1.54, 1.807) is 31.2 Å². The van der Waals surface area contributed by atoms with Crippen LogP contribution in [-0.2, 0) is 9.59 Å². The van der Waals surface area contributed by atoms with E-state index >= 15 is 0 Å². The summed E-state index contributed by atoms with van der Waals surface area (Å²) in [5, 5.41) is 9.24. The van der Waals surface area contributed by atoms with Gasteiger partial charge in [-0.2, -0.15) is 0 Å². The van der Waals surface area contributed by atoms with Crippen LogP contribution < -0.4 is 4.74 Å². The van der Waals surface area contributed by atoms with E-state index in [1.165, 1.54) is 4.90 Å². The Kier molecular flexibility index (Phi) is 6.16. The summed E-state index contributed by atoms with van der Waals surface area (Å²) >= 11 is 6.29. The van der Waals surface area contributed by atoms with Crippen LogP contribution in [0.5, 0.6) is 5.75 Å². The number of aliphatic carboxylic acids is 1. The molecule has 0 bridgehead atoms. The first kappa shape index (κ1) is 18.2. The van der Waals surface area contributed by atoms with E-state index in [9.17, 15) is 14.7 Å². The number of hydrogen-bond donors (Lipinski definition) is 1. The van der Waals surface area contributed by atoms with Crippen LogP contribution >= 0.6 is 24.0 Å². The minimum Gasteiger partial charge on any atom is -0.490 e. The molecule has 126 valence electrons. The number of amides is 1. The van der Waals surface area contributed by atoms with E-state index in [2.05, 4.69) is 6.58 Å². The van der Waals surface area contributed by atoms with E-state index in [0.717, 1.165) is 17.3 Å². The lowest BCUT2D eigenvalue weighted by atomic mass is 10.1. The van der Waals surface area contributed by atoms with Gasteiger partial charge in [-0.3, -0.25) is 9.69 Å². The molecule has 0 unspecified atom stereocenters. The number of carbonyl (C=O) groups is 2. The standard InChI is InChI=1S/C17H17NO4S2/c1-3-9-22-12-7-5-11(6-8-12)10-14-15(19)18(17(23)24-14)13(4-2)16(20)21/h3,5-8,10,13H,1,4,9H2,2H3,(H,20,21)/b14-10-/t13-/m1/s1. The zero-order chi connectivity index (χ0) is 17.7. The van der Waals surface area contributed by atoms with Crippen LogP contribution in [0, 0.1) is 0 Å². The molecule has 0 spiro atoms. The van der Waals surface area contributed by atoms with Gasteiger partial charge in [-0.05, 0) is 30.2 Å². The molecule has 1 atom stereocenters. The molecule has 0 saturated carbocycles. The van der Waals surface area contributed by atoms with E-state index in [-0.39, 0.29) is 10.2 Å². The van der Waals surface area contributed by atoms with E-state index in [0.29, 0.717) is 23.7 Å². The largest absolute Gasteiger partial charge is 0.490 e. The lowest BCUT2D eigenvalue weighted by molar-refractivity contribution is -0.145. The summed E-state index contributed by atoms with van der Waals surface area (Å²) in [5.41, 5.74) is 0.810. The molecule has 1 fully saturated rings. The predicted molar refractivity (Wildman–Crippen MR) is 98.9 cm³/mol. The van der Waals surface area contributed by atoms with Gasteiger partial charge in [0.1, 0.15) is 22.7 Å². The summed E-state index contributed by atoms with van der Waals surface area (Å²) in [6.07, 6.45) is 3.65. The number of nitrogens with zero attached hydrogens (tertiary/aromatic N) is 1. The summed E-state index contributed by atoms with van der Waals surface area (Å²) in [6, 6.07) is 6.29. The molecular weight excluding hydrogens is 346 g/mol. The van der Waals surface area contributed by atoms with Gasteiger partial charge in [0.15, 0.2) is 0 Å². The number of carboxylic acids is 1. The van der Waals surface area contributed by atoms with E-state index in [1.807, 2.05) is 12.1 Å². The van der Waals surface area contributed by atoms with Gasteiger partial charge < -0.3 is 9.84 Å². The molecule has 0 radical (unpaired) electrons. The highest BCUT2D eigenvalue weighted by Gasteiger charge is 2.39. The molecule has 1 saturated heterocycles. The normalized spacial score (nSPS) is 17.2. The van der Waals surface area contributed by atoms with Crippen molar-refractivity contribution in [2.75, 3.05) is 6.61 Å². The van der Waals surface area contributed by atoms with Gasteiger partial charge in [0.05, 0.1) is 4.91 Å². The Morgan fingerprint density at radius 3 is 2.67 bits per heavy atom. The second-order valence-electron chi connectivity index (χ2n) is 4.98. The molecule has 24 heavy (non-hydrogen) atoms. The van der Waals surface area contributed by atoms with Gasteiger partial charge in [0, 0.05) is 0 Å². The first-order valence-corrected chi connectivity index (χ1v) is 8.54. The maximum Gasteiger partial charge on any atom is 0.326 e. The van der Waals surface area contributed by atoms with Gasteiger partial charge in [0.2, 0.25) is 0 Å². The molecule has 0 aromatic heterocycles. The van der Waals surface area contributed by atoms with E-state index < -0.39 is 12.0 Å². The second kappa shape index (κ2) is 8.12. The number of hydrogen-bond acceptors (Lipinski definition) is 5. The summed E-state index contributed by atoms with van der Waals surface area (Å²) in [6.45, 7) is 5.72. The van der Waals surface area contributed by atoms with Crippen molar-refractivity contribution in [3.8, 4) is 5.75 Å². The topological polar surface area (TPSA) is 66.8 Å². The maximum atomic E-state index is 12.5. The summed E-state index contributed by atoms with van der Waals surface area (Å²) < 4.78 is 5.67. The zero-order valence-corrected chi connectivity index (χ0v) is 14.7. The average Bonchev–Trinajstić information content (AvgIpc) is 2.82. The van der Waals surface area contributed by atoms with Crippen molar-refractivity contribution in [3.05, 3.63) is 47.4 Å². The Labute approximate surface area is 150 Å². The van der Waals surface area contributed by atoms with Gasteiger partial charge in [-0.25, -0.2) is 4.79 Å². The highest BCUT2D eigenvalue weighted by molar-refractivity contribution is 8.26. The smallest absolute Gasteiger partial charge is 0.326 e. The Hall–Kier alpha value is -2.12. The highest BCUT2D eigenvalue weighted by Crippen LogP contribution is 2.34. The second-order valence-corrected chi connectivity index (χ2v) is 6.66. The Morgan fingerprint density at radius 1 is 1.46 bits per heavy atom. The van der Waals surface area contributed by atoms with Gasteiger partial charge >= 0.3 is 5.97 Å². The van der Waals surface area contributed by atoms with Gasteiger partial charge in [-0.1, -0.05) is 55.7 Å². The van der Waals surface area contributed by atoms with Crippen LogP contribution in [0.3, 0.4) is 0 Å². The lowest BCUT2D eigenvalue weighted by Gasteiger charge is -2.21. The number of thiocarbonyl (C=S) groups is 1. The summed E-state index contributed by atoms with van der Waals surface area (Å²) in [4.78, 5) is 25.4. The molecule has 1 aliphatic rings. The molecule has 1 amide bonds. The van der Waals surface area contributed by atoms with Crippen LogP contribution in [0.25, 0.3) is 6.08 Å². The molecule has 1 aromatic carbocycles. The van der Waals surface area contributed by atoms with Crippen LogP contribution in [0.4, 0.5) is 0 Å². The fourth-order valence-corrected chi connectivity index (χ4v) is 3.54. The maximum absolute atomic E-state index is 12.5. The number of carboxylic acid groups (broad SMARTS) is 1.